The highest BCUT2D eigenvalue weighted by Crippen LogP contribution is 2.29. The van der Waals surface area contributed by atoms with Crippen LogP contribution in [-0.4, -0.2) is 42.7 Å². The van der Waals surface area contributed by atoms with Crippen LogP contribution in [0.1, 0.15) is 0 Å². The number of ether oxygens (including phenoxy) is 1. The third-order valence-electron chi connectivity index (χ3n) is 5.06. The molecule has 0 amide bonds. The molecule has 0 aliphatic carbocycles. The Bertz CT molecular complexity index is 1040. The van der Waals surface area contributed by atoms with Crippen LogP contribution in [0, 0.1) is 0 Å². The average molecular weight is 364 g/mol. The Morgan fingerprint density at radius 2 is 1.73 bits per heavy atom. The number of anilines is 2. The van der Waals surface area contributed by atoms with Crippen LogP contribution >= 0.6 is 11.3 Å². The molecular weight excluding hydrogens is 344 g/mol. The summed E-state index contributed by atoms with van der Waals surface area (Å²) in [6.45, 7) is 3.91. The number of hydrogen-bond acceptors (Lipinski definition) is 5. The molecule has 5 nitrogen and oxygen atoms in total. The van der Waals surface area contributed by atoms with Gasteiger partial charge in [-0.25, -0.2) is 4.98 Å². The van der Waals surface area contributed by atoms with Gasteiger partial charge in [0.05, 0.1) is 12.6 Å². The minimum absolute atomic E-state index is 0.899. The molecule has 4 aromatic rings. The summed E-state index contributed by atoms with van der Waals surface area (Å²) in [4.78, 5) is 11.0. The van der Waals surface area contributed by atoms with Crippen molar-refractivity contribution in [3.8, 4) is 5.75 Å². The Balaban J connectivity index is 1.40. The first-order chi connectivity index (χ1) is 12.8. The van der Waals surface area contributed by atoms with Crippen LogP contribution in [0.25, 0.3) is 15.9 Å². The third-order valence-corrected chi connectivity index (χ3v) is 5.97. The Morgan fingerprint density at radius 3 is 2.50 bits per heavy atom. The van der Waals surface area contributed by atoms with Crippen molar-refractivity contribution in [2.75, 3.05) is 43.1 Å². The number of hydrogen-bond donors (Lipinski definition) is 0. The summed E-state index contributed by atoms with van der Waals surface area (Å²) in [6.07, 6.45) is 2.13. The summed E-state index contributed by atoms with van der Waals surface area (Å²) in [6, 6.07) is 14.7. The topological polar surface area (TPSA) is 33.0 Å². The van der Waals surface area contributed by atoms with E-state index < -0.39 is 0 Å². The summed E-state index contributed by atoms with van der Waals surface area (Å²) < 4.78 is 7.52. The van der Waals surface area contributed by atoms with Gasteiger partial charge in [-0.3, -0.25) is 0 Å². The van der Waals surface area contributed by atoms with Gasteiger partial charge in [-0.2, -0.15) is 0 Å². The van der Waals surface area contributed by atoms with E-state index in [-0.39, 0.29) is 0 Å². The molecule has 1 saturated heterocycles. The van der Waals surface area contributed by atoms with Crippen LogP contribution in [0.3, 0.4) is 0 Å². The highest BCUT2D eigenvalue weighted by molar-refractivity contribution is 7.16. The molecular formula is C20H20N4OS. The second-order valence-electron chi connectivity index (χ2n) is 6.48. The Kier molecular flexibility index (Phi) is 3.71. The predicted molar refractivity (Wildman–Crippen MR) is 108 cm³/mol. The molecule has 4 heterocycles. The number of nitrogens with zero attached hydrogens (tertiary/aromatic N) is 4. The van der Waals surface area contributed by atoms with Gasteiger partial charge < -0.3 is 18.9 Å². The molecule has 5 rings (SSSR count). The van der Waals surface area contributed by atoms with E-state index in [2.05, 4.69) is 56.1 Å². The normalized spacial score (nSPS) is 15.1. The second-order valence-corrected chi connectivity index (χ2v) is 7.38. The summed E-state index contributed by atoms with van der Waals surface area (Å²) in [5, 5.41) is 2.11. The van der Waals surface area contributed by atoms with Gasteiger partial charge in [0.2, 0.25) is 0 Å². The number of methoxy groups -OCH3 is 1. The fourth-order valence-electron chi connectivity index (χ4n) is 3.67. The fraction of sp³-hybridized carbons (Fsp3) is 0.250. The lowest BCUT2D eigenvalue weighted by Crippen LogP contribution is -2.47. The molecule has 6 heteroatoms. The molecule has 0 bridgehead atoms. The number of fused-ring (bicyclic) bond motifs is 3. The molecule has 0 unspecified atom stereocenters. The maximum Gasteiger partial charge on any atom is 0.153 e. The van der Waals surface area contributed by atoms with Crippen molar-refractivity contribution in [3.05, 3.63) is 54.0 Å². The molecule has 0 spiro atoms. The zero-order valence-corrected chi connectivity index (χ0v) is 15.4. The predicted octanol–water partition coefficient (Wildman–Crippen LogP) is 3.88. The maximum atomic E-state index is 5.26. The van der Waals surface area contributed by atoms with Crippen molar-refractivity contribution in [3.63, 3.8) is 0 Å². The zero-order chi connectivity index (χ0) is 17.5. The van der Waals surface area contributed by atoms with Crippen molar-refractivity contribution < 1.29 is 4.74 Å². The largest absolute Gasteiger partial charge is 0.497 e. The molecule has 3 aromatic heterocycles. The van der Waals surface area contributed by atoms with E-state index in [4.69, 9.17) is 9.72 Å². The number of benzene rings is 1. The summed E-state index contributed by atoms with van der Waals surface area (Å²) in [5.74, 6) is 1.99. The molecule has 26 heavy (non-hydrogen) atoms. The van der Waals surface area contributed by atoms with Gasteiger partial charge in [0.25, 0.3) is 0 Å². The van der Waals surface area contributed by atoms with E-state index in [1.165, 1.54) is 16.0 Å². The Hall–Kier alpha value is -2.73. The summed E-state index contributed by atoms with van der Waals surface area (Å²) >= 11 is 1.74. The van der Waals surface area contributed by atoms with Gasteiger partial charge in [0.15, 0.2) is 5.82 Å². The molecule has 0 saturated carbocycles. The van der Waals surface area contributed by atoms with Crippen LogP contribution in [-0.2, 0) is 0 Å². The highest BCUT2D eigenvalue weighted by atomic mass is 32.1. The van der Waals surface area contributed by atoms with Crippen LogP contribution in [0.2, 0.25) is 0 Å². The van der Waals surface area contributed by atoms with Gasteiger partial charge in [0.1, 0.15) is 16.1 Å². The van der Waals surface area contributed by atoms with Gasteiger partial charge in [-0.1, -0.05) is 0 Å². The minimum atomic E-state index is 0.899. The number of piperazine rings is 1. The monoisotopic (exact) mass is 364 g/mol. The van der Waals surface area contributed by atoms with Gasteiger partial charge in [0, 0.05) is 38.1 Å². The van der Waals surface area contributed by atoms with Crippen LogP contribution in [0.5, 0.6) is 5.75 Å². The lowest BCUT2D eigenvalue weighted by atomic mass is 10.2. The van der Waals surface area contributed by atoms with Crippen LogP contribution in [0.15, 0.2) is 54.0 Å². The zero-order valence-electron chi connectivity index (χ0n) is 14.6. The van der Waals surface area contributed by atoms with Gasteiger partial charge >= 0.3 is 0 Å². The average Bonchev–Trinajstić information content (AvgIpc) is 3.36. The molecule has 0 atom stereocenters. The second kappa shape index (κ2) is 6.21. The smallest absolute Gasteiger partial charge is 0.153 e. The summed E-state index contributed by atoms with van der Waals surface area (Å²) in [7, 11) is 1.70. The number of thiophene rings is 1. The van der Waals surface area contributed by atoms with E-state index in [9.17, 15) is 0 Å². The molecule has 1 fully saturated rings. The van der Waals surface area contributed by atoms with Crippen LogP contribution < -0.4 is 14.5 Å². The van der Waals surface area contributed by atoms with Crippen molar-refractivity contribution in [2.45, 2.75) is 0 Å². The van der Waals surface area contributed by atoms with E-state index >= 15 is 0 Å². The van der Waals surface area contributed by atoms with Crippen molar-refractivity contribution in [1.29, 1.82) is 0 Å². The SMILES string of the molecule is COc1ccc(N2CCN(c3nc4ccsc4n4cccc34)CC2)cc1. The minimum Gasteiger partial charge on any atom is -0.497 e. The van der Waals surface area contributed by atoms with E-state index in [1.807, 2.05) is 12.1 Å². The lowest BCUT2D eigenvalue weighted by molar-refractivity contribution is 0.415. The molecule has 0 radical (unpaired) electrons. The first-order valence-electron chi connectivity index (χ1n) is 8.82. The lowest BCUT2D eigenvalue weighted by Gasteiger charge is -2.37. The molecule has 1 aromatic carbocycles. The quantitative estimate of drug-likeness (QED) is 0.552. The van der Waals surface area contributed by atoms with Gasteiger partial charge in [-0.05, 0) is 47.8 Å². The molecule has 1 aliphatic heterocycles. The van der Waals surface area contributed by atoms with E-state index in [0.717, 1.165) is 43.3 Å². The molecule has 132 valence electrons. The third kappa shape index (κ3) is 2.49. The highest BCUT2D eigenvalue weighted by Gasteiger charge is 2.21. The number of aromatic nitrogens is 2. The fourth-order valence-corrected chi connectivity index (χ4v) is 4.51. The molecule has 1 aliphatic rings. The van der Waals surface area contributed by atoms with Crippen LogP contribution in [0.4, 0.5) is 11.5 Å². The van der Waals surface area contributed by atoms with E-state index in [1.54, 1.807) is 18.4 Å². The first kappa shape index (κ1) is 15.5. The Morgan fingerprint density at radius 1 is 0.962 bits per heavy atom. The standard InChI is InChI=1S/C20H20N4OS/c1-25-16-6-4-15(5-7-16)22-10-12-23(13-11-22)19-18-3-2-9-24(18)20-17(21-19)8-14-26-20/h2-9,14H,10-13H2,1H3. The van der Waals surface area contributed by atoms with E-state index in [0.29, 0.717) is 0 Å². The Labute approximate surface area is 156 Å². The molecule has 0 N–H and O–H groups in total. The van der Waals surface area contributed by atoms with Crippen molar-refractivity contribution >= 4 is 38.7 Å². The van der Waals surface area contributed by atoms with Crippen molar-refractivity contribution in [2.24, 2.45) is 0 Å². The van der Waals surface area contributed by atoms with Crippen molar-refractivity contribution in [1.82, 2.24) is 9.38 Å². The summed E-state index contributed by atoms with van der Waals surface area (Å²) in [5.41, 5.74) is 3.52. The first-order valence-corrected chi connectivity index (χ1v) is 9.70. The van der Waals surface area contributed by atoms with Gasteiger partial charge in [-0.15, -0.1) is 11.3 Å². The number of rotatable bonds is 3. The maximum absolute atomic E-state index is 5.26.